The van der Waals surface area contributed by atoms with Crippen LogP contribution in [-0.2, 0) is 9.53 Å². The molecule has 23 heavy (non-hydrogen) atoms. The molecule has 1 N–H and O–H groups in total. The minimum atomic E-state index is -0.442. The quantitative estimate of drug-likeness (QED) is 0.524. The second kappa shape index (κ2) is 7.99. The van der Waals surface area contributed by atoms with Gasteiger partial charge >= 0.3 is 5.97 Å². The van der Waals surface area contributed by atoms with Crippen molar-refractivity contribution in [2.24, 2.45) is 0 Å². The topological polar surface area (TPSA) is 82.4 Å². The van der Waals surface area contributed by atoms with E-state index in [9.17, 15) is 14.9 Å². The molecule has 1 aromatic rings. The summed E-state index contributed by atoms with van der Waals surface area (Å²) in [7, 11) is 1.31. The zero-order valence-corrected chi connectivity index (χ0v) is 13.0. The van der Waals surface area contributed by atoms with Gasteiger partial charge in [-0.15, -0.1) is 0 Å². The smallest absolute Gasteiger partial charge is 0.337 e. The van der Waals surface area contributed by atoms with E-state index in [0.717, 1.165) is 19.3 Å². The van der Waals surface area contributed by atoms with E-state index in [-0.39, 0.29) is 11.5 Å². The van der Waals surface area contributed by atoms with Crippen LogP contribution in [0.25, 0.3) is 0 Å². The first-order chi connectivity index (χ1) is 11.2. The normalized spacial score (nSPS) is 14.8. The number of likely N-dealkylation sites (tertiary alicyclic amines) is 1. The summed E-state index contributed by atoms with van der Waals surface area (Å²) in [5.41, 5.74) is 1.05. The van der Waals surface area contributed by atoms with Crippen molar-refractivity contribution in [1.29, 1.82) is 5.26 Å². The number of benzene rings is 1. The van der Waals surface area contributed by atoms with Crippen molar-refractivity contribution in [3.8, 4) is 6.07 Å². The molecule has 6 nitrogen and oxygen atoms in total. The van der Waals surface area contributed by atoms with Gasteiger partial charge in [0.25, 0.3) is 5.91 Å². The van der Waals surface area contributed by atoms with Crippen molar-refractivity contribution in [3.05, 3.63) is 41.6 Å². The molecule has 0 atom stereocenters. The Balaban J connectivity index is 2.09. The molecule has 1 aromatic carbocycles. The molecule has 6 heteroatoms. The van der Waals surface area contributed by atoms with Crippen LogP contribution in [0, 0.1) is 11.3 Å². The molecule has 1 aliphatic rings. The van der Waals surface area contributed by atoms with Crippen LogP contribution in [0.4, 0.5) is 5.69 Å². The third kappa shape index (κ3) is 4.33. The summed E-state index contributed by atoms with van der Waals surface area (Å²) in [6.45, 7) is 1.38. The molecule has 1 fully saturated rings. The number of nitrogens with zero attached hydrogens (tertiary/aromatic N) is 2. The molecule has 2 rings (SSSR count). The van der Waals surface area contributed by atoms with E-state index in [1.807, 2.05) is 6.07 Å². The fourth-order valence-electron chi connectivity index (χ4n) is 2.42. The van der Waals surface area contributed by atoms with Gasteiger partial charge in [-0.2, -0.15) is 5.26 Å². The third-order valence-corrected chi connectivity index (χ3v) is 3.66. The van der Waals surface area contributed by atoms with Gasteiger partial charge in [0.1, 0.15) is 11.6 Å². The van der Waals surface area contributed by atoms with Gasteiger partial charge < -0.3 is 15.0 Å². The number of piperidine rings is 1. The number of methoxy groups -OCH3 is 1. The van der Waals surface area contributed by atoms with Gasteiger partial charge in [0.15, 0.2) is 0 Å². The average Bonchev–Trinajstić information content (AvgIpc) is 2.62. The molecule has 120 valence electrons. The average molecular weight is 313 g/mol. The number of nitriles is 1. The number of amides is 1. The second-order valence-corrected chi connectivity index (χ2v) is 5.24. The first-order valence-corrected chi connectivity index (χ1v) is 7.50. The summed E-state index contributed by atoms with van der Waals surface area (Å²) in [6, 6.07) is 8.60. The zero-order chi connectivity index (χ0) is 16.7. The second-order valence-electron chi connectivity index (χ2n) is 5.24. The highest BCUT2D eigenvalue weighted by Gasteiger charge is 2.20. The number of anilines is 1. The summed E-state index contributed by atoms with van der Waals surface area (Å²) in [6.07, 6.45) is 4.44. The molecular weight excluding hydrogens is 294 g/mol. The standard InChI is InChI=1S/C17H19N3O3/c1-23-17(22)13-6-5-7-15(10-13)19-12-14(11-18)16(21)20-8-3-2-4-9-20/h5-7,10,12,19H,2-4,8-9H2,1H3/b14-12-. The van der Waals surface area contributed by atoms with Gasteiger partial charge in [0, 0.05) is 25.0 Å². The van der Waals surface area contributed by atoms with E-state index < -0.39 is 5.97 Å². The molecule has 0 unspecified atom stereocenters. The van der Waals surface area contributed by atoms with E-state index in [2.05, 4.69) is 10.1 Å². The Kier molecular flexibility index (Phi) is 5.75. The van der Waals surface area contributed by atoms with Crippen molar-refractivity contribution in [2.75, 3.05) is 25.5 Å². The summed E-state index contributed by atoms with van der Waals surface area (Å²) in [5.74, 6) is -0.702. The lowest BCUT2D eigenvalue weighted by Gasteiger charge is -2.26. The van der Waals surface area contributed by atoms with E-state index in [4.69, 9.17) is 0 Å². The van der Waals surface area contributed by atoms with Crippen LogP contribution < -0.4 is 5.32 Å². The van der Waals surface area contributed by atoms with Gasteiger partial charge in [0.2, 0.25) is 0 Å². The summed E-state index contributed by atoms with van der Waals surface area (Å²) in [4.78, 5) is 25.5. The van der Waals surface area contributed by atoms with E-state index in [0.29, 0.717) is 24.3 Å². The lowest BCUT2D eigenvalue weighted by Crippen LogP contribution is -2.36. The van der Waals surface area contributed by atoms with Crippen LogP contribution in [0.2, 0.25) is 0 Å². The van der Waals surface area contributed by atoms with Crippen LogP contribution in [0.15, 0.2) is 36.0 Å². The van der Waals surface area contributed by atoms with Crippen LogP contribution in [0.5, 0.6) is 0 Å². The third-order valence-electron chi connectivity index (χ3n) is 3.66. The van der Waals surface area contributed by atoms with Crippen molar-refractivity contribution >= 4 is 17.6 Å². The number of hydrogen-bond donors (Lipinski definition) is 1. The lowest BCUT2D eigenvalue weighted by atomic mass is 10.1. The first kappa shape index (κ1) is 16.6. The number of carbonyl (C=O) groups is 2. The Labute approximate surface area is 135 Å². The minimum absolute atomic E-state index is 0.0513. The number of ether oxygens (including phenoxy) is 1. The van der Waals surface area contributed by atoms with E-state index >= 15 is 0 Å². The predicted molar refractivity (Wildman–Crippen MR) is 85.5 cm³/mol. The maximum atomic E-state index is 12.3. The van der Waals surface area contributed by atoms with E-state index in [1.54, 1.807) is 29.2 Å². The summed E-state index contributed by atoms with van der Waals surface area (Å²) < 4.78 is 4.66. The van der Waals surface area contributed by atoms with Crippen molar-refractivity contribution in [3.63, 3.8) is 0 Å². The number of rotatable bonds is 4. The van der Waals surface area contributed by atoms with Crippen LogP contribution in [0.3, 0.4) is 0 Å². The van der Waals surface area contributed by atoms with Crippen molar-refractivity contribution < 1.29 is 14.3 Å². The van der Waals surface area contributed by atoms with Crippen LogP contribution >= 0.6 is 0 Å². The first-order valence-electron chi connectivity index (χ1n) is 7.50. The van der Waals surface area contributed by atoms with Gasteiger partial charge in [-0.3, -0.25) is 4.79 Å². The molecule has 0 radical (unpaired) electrons. The molecule has 1 amide bonds. The number of carbonyl (C=O) groups excluding carboxylic acids is 2. The minimum Gasteiger partial charge on any atom is -0.465 e. The summed E-state index contributed by atoms with van der Waals surface area (Å²) >= 11 is 0. The van der Waals surface area contributed by atoms with Crippen LogP contribution in [0.1, 0.15) is 29.6 Å². The van der Waals surface area contributed by atoms with Gasteiger partial charge in [-0.05, 0) is 37.5 Å². The van der Waals surface area contributed by atoms with Gasteiger partial charge in [0.05, 0.1) is 12.7 Å². The Morgan fingerprint density at radius 2 is 2.04 bits per heavy atom. The zero-order valence-electron chi connectivity index (χ0n) is 13.0. The number of hydrogen-bond acceptors (Lipinski definition) is 5. The molecule has 0 saturated carbocycles. The Hall–Kier alpha value is -2.81. The highest BCUT2D eigenvalue weighted by Crippen LogP contribution is 2.14. The lowest BCUT2D eigenvalue weighted by molar-refractivity contribution is -0.127. The maximum Gasteiger partial charge on any atom is 0.337 e. The number of nitrogens with one attached hydrogen (secondary N) is 1. The van der Waals surface area contributed by atoms with Crippen LogP contribution in [-0.4, -0.2) is 37.0 Å². The molecule has 0 spiro atoms. The molecule has 1 aliphatic heterocycles. The molecule has 0 aliphatic carbocycles. The highest BCUT2D eigenvalue weighted by molar-refractivity contribution is 5.97. The summed E-state index contributed by atoms with van der Waals surface area (Å²) in [5, 5.41) is 12.1. The highest BCUT2D eigenvalue weighted by atomic mass is 16.5. The molecular formula is C17H19N3O3. The van der Waals surface area contributed by atoms with Crippen molar-refractivity contribution in [2.45, 2.75) is 19.3 Å². The SMILES string of the molecule is COC(=O)c1cccc(N/C=C(/C#N)C(=O)N2CCCCC2)c1. The maximum absolute atomic E-state index is 12.3. The van der Waals surface area contributed by atoms with Gasteiger partial charge in [-0.1, -0.05) is 6.07 Å². The fraction of sp³-hybridized carbons (Fsp3) is 0.353. The van der Waals surface area contributed by atoms with Crippen molar-refractivity contribution in [1.82, 2.24) is 4.90 Å². The molecule has 1 heterocycles. The fourth-order valence-corrected chi connectivity index (χ4v) is 2.42. The molecule has 0 bridgehead atoms. The Bertz CT molecular complexity index is 655. The molecule has 0 aromatic heterocycles. The predicted octanol–water partition coefficient (Wildman–Crippen LogP) is 2.31. The molecule has 1 saturated heterocycles. The van der Waals surface area contributed by atoms with E-state index in [1.165, 1.54) is 13.3 Å². The van der Waals surface area contributed by atoms with Gasteiger partial charge in [-0.25, -0.2) is 4.79 Å². The Morgan fingerprint density at radius 1 is 1.30 bits per heavy atom. The Morgan fingerprint density at radius 3 is 2.70 bits per heavy atom. The largest absolute Gasteiger partial charge is 0.465 e. The monoisotopic (exact) mass is 313 g/mol. The number of esters is 1.